The Hall–Kier alpha value is -0.800. The molecule has 0 bridgehead atoms. The molecule has 0 spiro atoms. The highest BCUT2D eigenvalue weighted by molar-refractivity contribution is 6.42. The molecule has 0 aliphatic heterocycles. The fraction of sp³-hybridized carbons (Fsp3) is 0.200. The first kappa shape index (κ1) is 15.6. The molecule has 2 rings (SSSR count). The van der Waals surface area contributed by atoms with E-state index in [2.05, 4.69) is 5.32 Å². The molecule has 0 aliphatic rings. The summed E-state index contributed by atoms with van der Waals surface area (Å²) >= 11 is 17.9. The molecule has 1 N–H and O–H groups in total. The number of halogens is 4. The Bertz CT molecular complexity index is 616. The van der Waals surface area contributed by atoms with E-state index in [0.29, 0.717) is 27.2 Å². The molecule has 5 heteroatoms. The zero-order chi connectivity index (χ0) is 14.7. The van der Waals surface area contributed by atoms with Gasteiger partial charge in [0.25, 0.3) is 0 Å². The van der Waals surface area contributed by atoms with Crippen molar-refractivity contribution in [2.75, 3.05) is 6.54 Å². The second kappa shape index (κ2) is 6.77. The lowest BCUT2D eigenvalue weighted by Crippen LogP contribution is -2.23. The van der Waals surface area contributed by atoms with Crippen LogP contribution < -0.4 is 5.32 Å². The summed E-state index contributed by atoms with van der Waals surface area (Å²) in [5, 5.41) is 4.63. The Kier molecular flexibility index (Phi) is 5.28. The van der Waals surface area contributed by atoms with Gasteiger partial charge >= 0.3 is 0 Å². The second-order valence-corrected chi connectivity index (χ2v) is 5.58. The van der Waals surface area contributed by atoms with Gasteiger partial charge < -0.3 is 5.32 Å². The largest absolute Gasteiger partial charge is 0.306 e. The Labute approximate surface area is 132 Å². The summed E-state index contributed by atoms with van der Waals surface area (Å²) in [5.41, 5.74) is 1.32. The minimum atomic E-state index is -0.325. The summed E-state index contributed by atoms with van der Waals surface area (Å²) in [6, 6.07) is 9.43. The van der Waals surface area contributed by atoms with Crippen LogP contribution in [0.4, 0.5) is 4.39 Å². The van der Waals surface area contributed by atoms with E-state index < -0.39 is 0 Å². The fourth-order valence-corrected chi connectivity index (χ4v) is 2.53. The lowest BCUT2D eigenvalue weighted by Gasteiger charge is -2.20. The van der Waals surface area contributed by atoms with E-state index in [0.717, 1.165) is 5.56 Å². The highest BCUT2D eigenvalue weighted by Gasteiger charge is 2.18. The van der Waals surface area contributed by atoms with Crippen LogP contribution in [-0.2, 0) is 0 Å². The molecule has 1 nitrogen and oxygen atoms in total. The van der Waals surface area contributed by atoms with Crippen LogP contribution in [0.2, 0.25) is 15.1 Å². The highest BCUT2D eigenvalue weighted by atomic mass is 35.5. The van der Waals surface area contributed by atoms with Crippen molar-refractivity contribution in [2.24, 2.45) is 0 Å². The molecule has 1 atom stereocenters. The molecule has 0 saturated heterocycles. The Morgan fingerprint density at radius 1 is 1.05 bits per heavy atom. The van der Waals surface area contributed by atoms with Crippen LogP contribution >= 0.6 is 34.8 Å². The summed E-state index contributed by atoms with van der Waals surface area (Å²) in [7, 11) is 0. The zero-order valence-electron chi connectivity index (χ0n) is 10.8. The maximum atomic E-state index is 14.1. The van der Waals surface area contributed by atoms with Crippen molar-refractivity contribution in [1.29, 1.82) is 0 Å². The summed E-state index contributed by atoms with van der Waals surface area (Å²) in [5.74, 6) is -0.313. The molecular formula is C15H13Cl3FN. The number of hydrogen-bond donors (Lipinski definition) is 1. The van der Waals surface area contributed by atoms with Gasteiger partial charge in [-0.05, 0) is 42.4 Å². The standard InChI is InChI=1S/C15H13Cl3FN/c1-2-20-15(9-3-5-12(17)13(18)7-9)11-8-10(16)4-6-14(11)19/h3-8,15,20H,2H2,1H3. The molecule has 0 aromatic heterocycles. The van der Waals surface area contributed by atoms with E-state index in [1.807, 2.05) is 13.0 Å². The van der Waals surface area contributed by atoms with Gasteiger partial charge in [0.15, 0.2) is 0 Å². The predicted molar refractivity (Wildman–Crippen MR) is 83.4 cm³/mol. The topological polar surface area (TPSA) is 12.0 Å². The first-order chi connectivity index (χ1) is 9.52. The van der Waals surface area contributed by atoms with Crippen molar-refractivity contribution in [3.05, 3.63) is 68.4 Å². The number of rotatable bonds is 4. The van der Waals surface area contributed by atoms with Crippen LogP contribution in [0.1, 0.15) is 24.1 Å². The van der Waals surface area contributed by atoms with Gasteiger partial charge in [-0.3, -0.25) is 0 Å². The third kappa shape index (κ3) is 3.44. The Morgan fingerprint density at radius 2 is 1.80 bits per heavy atom. The van der Waals surface area contributed by atoms with Gasteiger partial charge in [0.1, 0.15) is 5.82 Å². The molecular weight excluding hydrogens is 320 g/mol. The third-order valence-corrected chi connectivity index (χ3v) is 3.93. The van der Waals surface area contributed by atoms with E-state index in [-0.39, 0.29) is 11.9 Å². The van der Waals surface area contributed by atoms with Crippen molar-refractivity contribution in [3.8, 4) is 0 Å². The molecule has 2 aromatic carbocycles. The van der Waals surface area contributed by atoms with Crippen LogP contribution in [0, 0.1) is 5.82 Å². The van der Waals surface area contributed by atoms with Crippen molar-refractivity contribution in [2.45, 2.75) is 13.0 Å². The zero-order valence-corrected chi connectivity index (χ0v) is 13.0. The van der Waals surface area contributed by atoms with Crippen LogP contribution in [0.15, 0.2) is 36.4 Å². The molecule has 0 amide bonds. The minimum Gasteiger partial charge on any atom is -0.306 e. The van der Waals surface area contributed by atoms with Crippen molar-refractivity contribution in [1.82, 2.24) is 5.32 Å². The maximum Gasteiger partial charge on any atom is 0.128 e. The first-order valence-electron chi connectivity index (χ1n) is 6.16. The smallest absolute Gasteiger partial charge is 0.128 e. The molecule has 0 saturated carbocycles. The average Bonchev–Trinajstić information content (AvgIpc) is 2.42. The van der Waals surface area contributed by atoms with E-state index in [1.54, 1.807) is 18.2 Å². The predicted octanol–water partition coefficient (Wildman–Crippen LogP) is 5.48. The van der Waals surface area contributed by atoms with E-state index >= 15 is 0 Å². The van der Waals surface area contributed by atoms with Crippen molar-refractivity contribution >= 4 is 34.8 Å². The summed E-state index contributed by atoms with van der Waals surface area (Å²) in [6.07, 6.45) is 0. The fourth-order valence-electron chi connectivity index (χ4n) is 2.04. The number of hydrogen-bond acceptors (Lipinski definition) is 1. The molecule has 0 radical (unpaired) electrons. The third-order valence-electron chi connectivity index (χ3n) is 2.95. The van der Waals surface area contributed by atoms with Crippen LogP contribution in [0.3, 0.4) is 0 Å². The van der Waals surface area contributed by atoms with Crippen molar-refractivity contribution in [3.63, 3.8) is 0 Å². The summed E-state index contributed by atoms with van der Waals surface area (Å²) < 4.78 is 14.1. The van der Waals surface area contributed by atoms with E-state index in [4.69, 9.17) is 34.8 Å². The normalized spacial score (nSPS) is 12.4. The minimum absolute atomic E-state index is 0.313. The van der Waals surface area contributed by atoms with Crippen LogP contribution in [0.5, 0.6) is 0 Å². The van der Waals surface area contributed by atoms with Gasteiger partial charge in [0, 0.05) is 10.6 Å². The van der Waals surface area contributed by atoms with Gasteiger partial charge in [0.2, 0.25) is 0 Å². The van der Waals surface area contributed by atoms with Crippen LogP contribution in [0.25, 0.3) is 0 Å². The molecule has 0 heterocycles. The molecule has 20 heavy (non-hydrogen) atoms. The number of nitrogens with one attached hydrogen (secondary N) is 1. The summed E-state index contributed by atoms with van der Waals surface area (Å²) in [4.78, 5) is 0. The second-order valence-electron chi connectivity index (χ2n) is 4.33. The highest BCUT2D eigenvalue weighted by Crippen LogP contribution is 2.31. The Morgan fingerprint density at radius 3 is 2.45 bits per heavy atom. The molecule has 0 aliphatic carbocycles. The van der Waals surface area contributed by atoms with E-state index in [9.17, 15) is 4.39 Å². The average molecular weight is 333 g/mol. The first-order valence-corrected chi connectivity index (χ1v) is 7.29. The SMILES string of the molecule is CCNC(c1ccc(Cl)c(Cl)c1)c1cc(Cl)ccc1F. The van der Waals surface area contributed by atoms with Gasteiger partial charge in [-0.15, -0.1) is 0 Å². The molecule has 1 unspecified atom stereocenters. The van der Waals surface area contributed by atoms with Gasteiger partial charge in [0.05, 0.1) is 16.1 Å². The van der Waals surface area contributed by atoms with Gasteiger partial charge in [-0.1, -0.05) is 47.8 Å². The Balaban J connectivity index is 2.49. The lowest BCUT2D eigenvalue weighted by molar-refractivity contribution is 0.559. The maximum absolute atomic E-state index is 14.1. The summed E-state index contributed by atoms with van der Waals surface area (Å²) in [6.45, 7) is 2.63. The van der Waals surface area contributed by atoms with Crippen LogP contribution in [-0.4, -0.2) is 6.54 Å². The molecule has 0 fully saturated rings. The quantitative estimate of drug-likeness (QED) is 0.781. The van der Waals surface area contributed by atoms with Crippen molar-refractivity contribution < 1.29 is 4.39 Å². The van der Waals surface area contributed by atoms with Gasteiger partial charge in [-0.25, -0.2) is 4.39 Å². The molecule has 106 valence electrons. The van der Waals surface area contributed by atoms with E-state index in [1.165, 1.54) is 12.1 Å². The lowest BCUT2D eigenvalue weighted by atomic mass is 9.98. The number of benzene rings is 2. The van der Waals surface area contributed by atoms with Gasteiger partial charge in [-0.2, -0.15) is 0 Å². The monoisotopic (exact) mass is 331 g/mol. The molecule has 2 aromatic rings.